The summed E-state index contributed by atoms with van der Waals surface area (Å²) in [6.45, 7) is 6.34. The van der Waals surface area contributed by atoms with Gasteiger partial charge < -0.3 is 10.6 Å². The van der Waals surface area contributed by atoms with Crippen LogP contribution in [0.4, 0.5) is 0 Å². The van der Waals surface area contributed by atoms with E-state index < -0.39 is 0 Å². The molecule has 4 heteroatoms. The molecule has 2 N–H and O–H groups in total. The van der Waals surface area contributed by atoms with E-state index in [1.807, 2.05) is 20.0 Å². The Morgan fingerprint density at radius 1 is 1.39 bits per heavy atom. The van der Waals surface area contributed by atoms with Gasteiger partial charge in [0.05, 0.1) is 0 Å². The topological polar surface area (TPSA) is 55.0 Å². The third-order valence-corrected chi connectivity index (χ3v) is 3.48. The van der Waals surface area contributed by atoms with Gasteiger partial charge in [-0.1, -0.05) is 0 Å². The van der Waals surface area contributed by atoms with Crippen molar-refractivity contribution in [2.24, 2.45) is 5.73 Å². The van der Waals surface area contributed by atoms with Gasteiger partial charge in [0, 0.05) is 29.8 Å². The van der Waals surface area contributed by atoms with Crippen molar-refractivity contribution in [1.82, 2.24) is 14.9 Å². The maximum absolute atomic E-state index is 6.03. The predicted octanol–water partition coefficient (Wildman–Crippen LogP) is 1.57. The van der Waals surface area contributed by atoms with Crippen LogP contribution in [0.15, 0.2) is 12.3 Å². The van der Waals surface area contributed by atoms with Gasteiger partial charge in [0.2, 0.25) is 0 Å². The van der Waals surface area contributed by atoms with Crippen molar-refractivity contribution in [1.29, 1.82) is 0 Å². The summed E-state index contributed by atoms with van der Waals surface area (Å²) >= 11 is 0. The standard InChI is InChI=1S/C14H24N4/c1-14(2,15)10-13-16-7-4-12(17-13)11-5-8-18(3)9-6-11/h4,7,11H,5-6,8-10,15H2,1-3H3. The fourth-order valence-corrected chi connectivity index (χ4v) is 2.44. The molecule has 1 aromatic heterocycles. The normalized spacial score (nSPS) is 19.1. The van der Waals surface area contributed by atoms with E-state index in [9.17, 15) is 0 Å². The minimum atomic E-state index is -0.245. The van der Waals surface area contributed by atoms with E-state index in [1.165, 1.54) is 18.5 Å². The van der Waals surface area contributed by atoms with E-state index in [0.717, 1.165) is 25.3 Å². The van der Waals surface area contributed by atoms with E-state index in [0.29, 0.717) is 5.92 Å². The number of piperidine rings is 1. The molecule has 0 atom stereocenters. The van der Waals surface area contributed by atoms with Crippen molar-refractivity contribution < 1.29 is 0 Å². The summed E-state index contributed by atoms with van der Waals surface area (Å²) in [7, 11) is 2.18. The molecule has 0 aromatic carbocycles. The van der Waals surface area contributed by atoms with Crippen LogP contribution in [0.25, 0.3) is 0 Å². The molecule has 1 saturated heterocycles. The Morgan fingerprint density at radius 3 is 2.67 bits per heavy atom. The number of nitrogens with two attached hydrogens (primary N) is 1. The van der Waals surface area contributed by atoms with Gasteiger partial charge >= 0.3 is 0 Å². The van der Waals surface area contributed by atoms with Crippen LogP contribution < -0.4 is 5.73 Å². The molecule has 1 fully saturated rings. The Hall–Kier alpha value is -1.00. The summed E-state index contributed by atoms with van der Waals surface area (Å²) in [5, 5.41) is 0. The zero-order chi connectivity index (χ0) is 13.2. The van der Waals surface area contributed by atoms with Gasteiger partial charge in [0.1, 0.15) is 5.82 Å². The van der Waals surface area contributed by atoms with Gasteiger partial charge in [0.15, 0.2) is 0 Å². The van der Waals surface area contributed by atoms with E-state index >= 15 is 0 Å². The van der Waals surface area contributed by atoms with Gasteiger partial charge in [-0.15, -0.1) is 0 Å². The Morgan fingerprint density at radius 2 is 2.06 bits per heavy atom. The van der Waals surface area contributed by atoms with E-state index in [2.05, 4.69) is 23.0 Å². The van der Waals surface area contributed by atoms with Gasteiger partial charge in [-0.05, 0) is 52.9 Å². The second-order valence-corrected chi connectivity index (χ2v) is 6.14. The molecule has 0 aliphatic carbocycles. The molecule has 2 heterocycles. The number of rotatable bonds is 3. The summed E-state index contributed by atoms with van der Waals surface area (Å²) in [4.78, 5) is 11.4. The first-order valence-electron chi connectivity index (χ1n) is 6.73. The van der Waals surface area contributed by atoms with E-state index in [-0.39, 0.29) is 5.54 Å². The Kier molecular flexibility index (Phi) is 3.97. The van der Waals surface area contributed by atoms with Crippen molar-refractivity contribution >= 4 is 0 Å². The SMILES string of the molecule is CN1CCC(c2ccnc(CC(C)(C)N)n2)CC1. The highest BCUT2D eigenvalue weighted by molar-refractivity contribution is 5.10. The quantitative estimate of drug-likeness (QED) is 0.882. The first kappa shape index (κ1) is 13.4. The van der Waals surface area contributed by atoms with E-state index in [4.69, 9.17) is 10.7 Å². The molecule has 0 radical (unpaired) electrons. The van der Waals surface area contributed by atoms with Crippen LogP contribution in [-0.4, -0.2) is 40.5 Å². The molecule has 0 bridgehead atoms. The lowest BCUT2D eigenvalue weighted by molar-refractivity contribution is 0.253. The zero-order valence-electron chi connectivity index (χ0n) is 11.7. The summed E-state index contributed by atoms with van der Waals surface area (Å²) in [6.07, 6.45) is 4.99. The van der Waals surface area contributed by atoms with Crippen LogP contribution in [0.2, 0.25) is 0 Å². The van der Waals surface area contributed by atoms with Gasteiger partial charge in [-0.3, -0.25) is 0 Å². The first-order chi connectivity index (χ1) is 8.44. The van der Waals surface area contributed by atoms with Crippen LogP contribution in [0.1, 0.15) is 44.1 Å². The minimum Gasteiger partial charge on any atom is -0.325 e. The average molecular weight is 248 g/mol. The molecule has 0 amide bonds. The molecule has 0 spiro atoms. The number of aromatic nitrogens is 2. The fraction of sp³-hybridized carbons (Fsp3) is 0.714. The molecule has 0 saturated carbocycles. The summed E-state index contributed by atoms with van der Waals surface area (Å²) in [5.41, 5.74) is 6.97. The molecule has 0 unspecified atom stereocenters. The number of likely N-dealkylation sites (tertiary alicyclic amines) is 1. The number of hydrogen-bond acceptors (Lipinski definition) is 4. The third kappa shape index (κ3) is 3.75. The molecular formula is C14H24N4. The largest absolute Gasteiger partial charge is 0.325 e. The summed E-state index contributed by atoms with van der Waals surface area (Å²) in [6, 6.07) is 2.06. The van der Waals surface area contributed by atoms with Gasteiger partial charge in [0.25, 0.3) is 0 Å². The van der Waals surface area contributed by atoms with Crippen molar-refractivity contribution in [2.45, 2.75) is 44.6 Å². The lowest BCUT2D eigenvalue weighted by Crippen LogP contribution is -2.35. The maximum atomic E-state index is 6.03. The van der Waals surface area contributed by atoms with Gasteiger partial charge in [-0.2, -0.15) is 0 Å². The molecule has 100 valence electrons. The van der Waals surface area contributed by atoms with Crippen LogP contribution in [-0.2, 0) is 6.42 Å². The Labute approximate surface area is 110 Å². The monoisotopic (exact) mass is 248 g/mol. The lowest BCUT2D eigenvalue weighted by Gasteiger charge is -2.28. The highest BCUT2D eigenvalue weighted by Gasteiger charge is 2.21. The maximum Gasteiger partial charge on any atom is 0.130 e. The molecule has 2 rings (SSSR count). The van der Waals surface area contributed by atoms with Crippen molar-refractivity contribution in [3.63, 3.8) is 0 Å². The predicted molar refractivity (Wildman–Crippen MR) is 73.5 cm³/mol. The molecule has 4 nitrogen and oxygen atoms in total. The molecule has 18 heavy (non-hydrogen) atoms. The zero-order valence-corrected chi connectivity index (χ0v) is 11.7. The Balaban J connectivity index is 2.07. The third-order valence-electron chi connectivity index (χ3n) is 3.48. The summed E-state index contributed by atoms with van der Waals surface area (Å²) in [5.74, 6) is 1.46. The number of hydrogen-bond donors (Lipinski definition) is 1. The van der Waals surface area contributed by atoms with E-state index in [1.54, 1.807) is 0 Å². The van der Waals surface area contributed by atoms with Crippen molar-refractivity contribution in [2.75, 3.05) is 20.1 Å². The molecule has 1 aliphatic heterocycles. The first-order valence-corrected chi connectivity index (χ1v) is 6.73. The van der Waals surface area contributed by atoms with Gasteiger partial charge in [-0.25, -0.2) is 9.97 Å². The van der Waals surface area contributed by atoms with Crippen molar-refractivity contribution in [3.8, 4) is 0 Å². The second-order valence-electron chi connectivity index (χ2n) is 6.14. The van der Waals surface area contributed by atoms with Crippen LogP contribution in [0.3, 0.4) is 0 Å². The van der Waals surface area contributed by atoms with Crippen LogP contribution in [0, 0.1) is 0 Å². The highest BCUT2D eigenvalue weighted by atomic mass is 15.1. The van der Waals surface area contributed by atoms with Crippen molar-refractivity contribution in [3.05, 3.63) is 23.8 Å². The average Bonchev–Trinajstić information content (AvgIpc) is 2.28. The minimum absolute atomic E-state index is 0.245. The summed E-state index contributed by atoms with van der Waals surface area (Å²) < 4.78 is 0. The smallest absolute Gasteiger partial charge is 0.130 e. The molecular weight excluding hydrogens is 224 g/mol. The Bertz CT molecular complexity index is 389. The molecule has 1 aliphatic rings. The number of nitrogens with zero attached hydrogens (tertiary/aromatic N) is 3. The van der Waals surface area contributed by atoms with Crippen LogP contribution >= 0.6 is 0 Å². The molecule has 1 aromatic rings. The lowest BCUT2D eigenvalue weighted by atomic mass is 9.93. The highest BCUT2D eigenvalue weighted by Crippen LogP contribution is 2.25. The fourth-order valence-electron chi connectivity index (χ4n) is 2.44. The second kappa shape index (κ2) is 5.33. The van der Waals surface area contributed by atoms with Crippen LogP contribution in [0.5, 0.6) is 0 Å².